The highest BCUT2D eigenvalue weighted by atomic mass is 32.2. The van der Waals surface area contributed by atoms with Crippen molar-refractivity contribution in [2.45, 2.75) is 23.8 Å². The zero-order chi connectivity index (χ0) is 15.2. The molecule has 0 aromatic heterocycles. The third kappa shape index (κ3) is 2.35. The molecule has 2 heterocycles. The quantitative estimate of drug-likeness (QED) is 0.840. The standard InChI is InChI=1S/C13H15F3N2O2S/c14-9-3-4-11(13(16)12(9)15)21(19,20)18-5-1-2-8-6-17-7-10(8)18/h3-4,8,10,17H,1-2,5-7H2. The van der Waals surface area contributed by atoms with Gasteiger partial charge in [0.15, 0.2) is 17.5 Å². The van der Waals surface area contributed by atoms with Crippen LogP contribution in [0.1, 0.15) is 12.8 Å². The monoisotopic (exact) mass is 320 g/mol. The number of nitrogens with zero attached hydrogens (tertiary/aromatic N) is 1. The lowest BCUT2D eigenvalue weighted by Gasteiger charge is -2.35. The predicted molar refractivity (Wildman–Crippen MR) is 69.6 cm³/mol. The van der Waals surface area contributed by atoms with Gasteiger partial charge in [0.2, 0.25) is 10.0 Å². The molecule has 21 heavy (non-hydrogen) atoms. The molecule has 0 amide bonds. The van der Waals surface area contributed by atoms with E-state index in [-0.39, 0.29) is 18.5 Å². The first kappa shape index (κ1) is 14.8. The lowest BCUT2D eigenvalue weighted by atomic mass is 9.94. The van der Waals surface area contributed by atoms with Crippen molar-refractivity contribution in [3.8, 4) is 0 Å². The molecule has 1 aromatic carbocycles. The molecule has 1 N–H and O–H groups in total. The zero-order valence-electron chi connectivity index (χ0n) is 11.2. The minimum absolute atomic E-state index is 0.182. The molecule has 4 nitrogen and oxygen atoms in total. The van der Waals surface area contributed by atoms with Crippen LogP contribution >= 0.6 is 0 Å². The smallest absolute Gasteiger partial charge is 0.246 e. The lowest BCUT2D eigenvalue weighted by Crippen LogP contribution is -2.48. The maximum atomic E-state index is 13.8. The molecule has 2 saturated heterocycles. The second-order valence-corrected chi connectivity index (χ2v) is 7.28. The number of sulfonamides is 1. The third-order valence-corrected chi connectivity index (χ3v) is 6.16. The number of halogens is 3. The average Bonchev–Trinajstić information content (AvgIpc) is 2.92. The summed E-state index contributed by atoms with van der Waals surface area (Å²) in [5.74, 6) is -4.62. The van der Waals surface area contributed by atoms with E-state index in [0.29, 0.717) is 19.0 Å². The Labute approximate surface area is 121 Å². The molecular formula is C13H15F3N2O2S. The van der Waals surface area contributed by atoms with Crippen LogP contribution < -0.4 is 5.32 Å². The molecule has 0 saturated carbocycles. The number of hydrogen-bond donors (Lipinski definition) is 1. The van der Waals surface area contributed by atoms with E-state index in [2.05, 4.69) is 5.32 Å². The lowest BCUT2D eigenvalue weighted by molar-refractivity contribution is 0.216. The highest BCUT2D eigenvalue weighted by Gasteiger charge is 2.42. The fraction of sp³-hybridized carbons (Fsp3) is 0.538. The van der Waals surface area contributed by atoms with Crippen LogP contribution in [0.2, 0.25) is 0 Å². The first-order valence-electron chi connectivity index (χ1n) is 6.79. The van der Waals surface area contributed by atoms with Crippen molar-refractivity contribution in [2.75, 3.05) is 19.6 Å². The summed E-state index contributed by atoms with van der Waals surface area (Å²) in [7, 11) is -4.17. The van der Waals surface area contributed by atoms with E-state index in [9.17, 15) is 21.6 Å². The molecule has 0 radical (unpaired) electrons. The van der Waals surface area contributed by atoms with Crippen molar-refractivity contribution in [1.82, 2.24) is 9.62 Å². The van der Waals surface area contributed by atoms with Crippen LogP contribution in [0.3, 0.4) is 0 Å². The van der Waals surface area contributed by atoms with E-state index >= 15 is 0 Å². The number of fused-ring (bicyclic) bond motifs is 1. The molecule has 8 heteroatoms. The van der Waals surface area contributed by atoms with E-state index in [1.807, 2.05) is 0 Å². The summed E-state index contributed by atoms with van der Waals surface area (Å²) in [5.41, 5.74) is 0. The summed E-state index contributed by atoms with van der Waals surface area (Å²) < 4.78 is 66.5. The van der Waals surface area contributed by atoms with Crippen molar-refractivity contribution in [2.24, 2.45) is 5.92 Å². The van der Waals surface area contributed by atoms with Crippen LogP contribution in [-0.2, 0) is 10.0 Å². The van der Waals surface area contributed by atoms with Gasteiger partial charge in [-0.15, -0.1) is 0 Å². The number of piperidine rings is 1. The van der Waals surface area contributed by atoms with Crippen LogP contribution in [0.4, 0.5) is 13.2 Å². The minimum atomic E-state index is -4.17. The van der Waals surface area contributed by atoms with Gasteiger partial charge >= 0.3 is 0 Å². The summed E-state index contributed by atoms with van der Waals surface area (Å²) in [4.78, 5) is -0.797. The second-order valence-electron chi connectivity index (χ2n) is 5.42. The normalized spacial score (nSPS) is 26.8. The Hall–Kier alpha value is -1.12. The molecule has 3 rings (SSSR count). The van der Waals surface area contributed by atoms with Gasteiger partial charge < -0.3 is 5.32 Å². The third-order valence-electron chi connectivity index (χ3n) is 4.21. The van der Waals surface area contributed by atoms with E-state index in [1.165, 1.54) is 4.31 Å². The number of hydrogen-bond acceptors (Lipinski definition) is 3. The van der Waals surface area contributed by atoms with E-state index in [0.717, 1.165) is 19.0 Å². The number of rotatable bonds is 2. The molecule has 0 aliphatic carbocycles. The highest BCUT2D eigenvalue weighted by Crippen LogP contribution is 2.32. The topological polar surface area (TPSA) is 49.4 Å². The molecule has 2 fully saturated rings. The molecule has 1 aromatic rings. The van der Waals surface area contributed by atoms with Crippen LogP contribution in [0.5, 0.6) is 0 Å². The van der Waals surface area contributed by atoms with E-state index in [1.54, 1.807) is 0 Å². The highest BCUT2D eigenvalue weighted by molar-refractivity contribution is 7.89. The Morgan fingerprint density at radius 2 is 1.90 bits per heavy atom. The largest absolute Gasteiger partial charge is 0.315 e. The van der Waals surface area contributed by atoms with Crippen molar-refractivity contribution in [1.29, 1.82) is 0 Å². The van der Waals surface area contributed by atoms with Gasteiger partial charge in [-0.05, 0) is 37.4 Å². The fourth-order valence-corrected chi connectivity index (χ4v) is 4.94. The van der Waals surface area contributed by atoms with E-state index in [4.69, 9.17) is 0 Å². The fourth-order valence-electron chi connectivity index (χ4n) is 3.16. The molecule has 2 atom stereocenters. The van der Waals surface area contributed by atoms with Crippen molar-refractivity contribution >= 4 is 10.0 Å². The molecule has 2 aliphatic heterocycles. The summed E-state index contributed by atoms with van der Waals surface area (Å²) in [6.07, 6.45) is 1.58. The Kier molecular flexibility index (Phi) is 3.71. The number of benzene rings is 1. The van der Waals surface area contributed by atoms with Gasteiger partial charge in [-0.1, -0.05) is 0 Å². The zero-order valence-corrected chi connectivity index (χ0v) is 12.0. The van der Waals surface area contributed by atoms with Gasteiger partial charge in [0.1, 0.15) is 4.90 Å². The Morgan fingerprint density at radius 3 is 2.67 bits per heavy atom. The van der Waals surface area contributed by atoms with Gasteiger partial charge in [0, 0.05) is 19.1 Å². The van der Waals surface area contributed by atoms with Crippen LogP contribution in [0.25, 0.3) is 0 Å². The van der Waals surface area contributed by atoms with Crippen molar-refractivity contribution in [3.05, 3.63) is 29.6 Å². The summed E-state index contributed by atoms with van der Waals surface area (Å²) in [6, 6.07) is 1.17. The first-order valence-corrected chi connectivity index (χ1v) is 8.23. The second kappa shape index (κ2) is 5.26. The van der Waals surface area contributed by atoms with Crippen LogP contribution in [0.15, 0.2) is 17.0 Å². The van der Waals surface area contributed by atoms with Gasteiger partial charge in [-0.25, -0.2) is 21.6 Å². The predicted octanol–water partition coefficient (Wildman–Crippen LogP) is 1.48. The van der Waals surface area contributed by atoms with Crippen LogP contribution in [0, 0.1) is 23.4 Å². The Bertz CT molecular complexity index is 666. The van der Waals surface area contributed by atoms with Crippen molar-refractivity contribution < 1.29 is 21.6 Å². The van der Waals surface area contributed by atoms with Gasteiger partial charge in [0.05, 0.1) is 0 Å². The molecule has 0 spiro atoms. The Morgan fingerprint density at radius 1 is 1.14 bits per heavy atom. The molecule has 116 valence electrons. The first-order chi connectivity index (χ1) is 9.93. The summed E-state index contributed by atoms with van der Waals surface area (Å²) in [6.45, 7) is 1.48. The van der Waals surface area contributed by atoms with E-state index < -0.39 is 32.4 Å². The molecular weight excluding hydrogens is 305 g/mol. The maximum Gasteiger partial charge on any atom is 0.246 e. The minimum Gasteiger partial charge on any atom is -0.315 e. The van der Waals surface area contributed by atoms with Crippen molar-refractivity contribution in [3.63, 3.8) is 0 Å². The maximum absolute atomic E-state index is 13.8. The Balaban J connectivity index is 2.02. The molecule has 0 bridgehead atoms. The molecule has 2 aliphatic rings. The van der Waals surface area contributed by atoms with Gasteiger partial charge in [0.25, 0.3) is 0 Å². The summed E-state index contributed by atoms with van der Waals surface area (Å²) >= 11 is 0. The SMILES string of the molecule is O=S(=O)(c1ccc(F)c(F)c1F)N1CCCC2CNCC21. The van der Waals surface area contributed by atoms with Gasteiger partial charge in [-0.3, -0.25) is 0 Å². The molecule has 2 unspecified atom stereocenters. The summed E-state index contributed by atoms with van der Waals surface area (Å²) in [5, 5.41) is 3.12. The average molecular weight is 320 g/mol. The van der Waals surface area contributed by atoms with Crippen LogP contribution in [-0.4, -0.2) is 38.4 Å². The number of nitrogens with one attached hydrogen (secondary N) is 1. The van der Waals surface area contributed by atoms with Gasteiger partial charge in [-0.2, -0.15) is 4.31 Å².